The van der Waals surface area contributed by atoms with Crippen LogP contribution in [0.4, 0.5) is 5.69 Å². The molecule has 2 saturated heterocycles. The Bertz CT molecular complexity index is 1230. The first-order chi connectivity index (χ1) is 15.2. The third-order valence-corrected chi connectivity index (χ3v) is 6.62. The summed E-state index contributed by atoms with van der Waals surface area (Å²) >= 11 is 6.22. The Morgan fingerprint density at radius 3 is 3.00 bits per heavy atom. The number of hydrogen-bond acceptors (Lipinski definition) is 6. The molecule has 0 radical (unpaired) electrons. The zero-order chi connectivity index (χ0) is 20.9. The SMILES string of the molecule is Oc1[nH]c2ccc(Cl)cc2c1C1=Nc2ccccc2C1=NOCCN1C[C@H]2C[C@@H]1CN2. The van der Waals surface area contributed by atoms with Crippen molar-refractivity contribution in [1.82, 2.24) is 15.2 Å². The Morgan fingerprint density at radius 2 is 2.16 bits per heavy atom. The molecular formula is C23H22ClN5O2. The number of piperazine rings is 1. The lowest BCUT2D eigenvalue weighted by molar-refractivity contribution is 0.101. The van der Waals surface area contributed by atoms with Gasteiger partial charge in [-0.2, -0.15) is 0 Å². The largest absolute Gasteiger partial charge is 0.494 e. The van der Waals surface area contributed by atoms with E-state index in [9.17, 15) is 5.11 Å². The number of para-hydroxylation sites is 1. The molecule has 0 saturated carbocycles. The second-order valence-corrected chi connectivity index (χ2v) is 8.72. The van der Waals surface area contributed by atoms with Gasteiger partial charge in [0.25, 0.3) is 0 Å². The van der Waals surface area contributed by atoms with Gasteiger partial charge in [-0.3, -0.25) is 4.90 Å². The quantitative estimate of drug-likeness (QED) is 0.423. The Hall–Kier alpha value is -2.87. The Morgan fingerprint density at radius 1 is 1.26 bits per heavy atom. The summed E-state index contributed by atoms with van der Waals surface area (Å²) in [6, 6.07) is 14.5. The summed E-state index contributed by atoms with van der Waals surface area (Å²) in [6.07, 6.45) is 1.22. The number of benzene rings is 2. The second kappa shape index (κ2) is 7.37. The maximum atomic E-state index is 10.7. The van der Waals surface area contributed by atoms with Crippen LogP contribution in [0.3, 0.4) is 0 Å². The molecule has 3 aromatic rings. The van der Waals surface area contributed by atoms with Gasteiger partial charge in [0.1, 0.15) is 18.0 Å². The Kier molecular flexibility index (Phi) is 4.49. The van der Waals surface area contributed by atoms with Crippen molar-refractivity contribution in [2.75, 3.05) is 26.2 Å². The molecule has 2 aromatic carbocycles. The molecule has 7 nitrogen and oxygen atoms in total. The van der Waals surface area contributed by atoms with Crippen LogP contribution in [0.1, 0.15) is 17.5 Å². The van der Waals surface area contributed by atoms with Crippen LogP contribution in [0.25, 0.3) is 10.9 Å². The highest BCUT2D eigenvalue weighted by molar-refractivity contribution is 6.58. The van der Waals surface area contributed by atoms with Crippen LogP contribution in [0.2, 0.25) is 5.02 Å². The van der Waals surface area contributed by atoms with Gasteiger partial charge in [-0.15, -0.1) is 0 Å². The molecule has 2 fully saturated rings. The lowest BCUT2D eigenvalue weighted by Gasteiger charge is -2.26. The fourth-order valence-electron chi connectivity index (χ4n) is 4.92. The van der Waals surface area contributed by atoms with Crippen molar-refractivity contribution in [2.45, 2.75) is 18.5 Å². The summed E-state index contributed by atoms with van der Waals surface area (Å²) in [5, 5.41) is 20.1. The smallest absolute Gasteiger partial charge is 0.199 e. The van der Waals surface area contributed by atoms with E-state index in [1.54, 1.807) is 6.07 Å². The molecule has 4 heterocycles. The average molecular weight is 436 g/mol. The number of oxime groups is 1. The van der Waals surface area contributed by atoms with E-state index in [1.807, 2.05) is 36.4 Å². The van der Waals surface area contributed by atoms with Crippen molar-refractivity contribution >= 4 is 39.6 Å². The number of hydrogen-bond donors (Lipinski definition) is 3. The van der Waals surface area contributed by atoms with Crippen LogP contribution in [0.15, 0.2) is 52.6 Å². The van der Waals surface area contributed by atoms with E-state index in [-0.39, 0.29) is 5.88 Å². The fourth-order valence-corrected chi connectivity index (χ4v) is 5.09. The van der Waals surface area contributed by atoms with Gasteiger partial charge < -0.3 is 20.2 Å². The minimum atomic E-state index is 0.0390. The van der Waals surface area contributed by atoms with Gasteiger partial charge in [-0.25, -0.2) is 4.99 Å². The van der Waals surface area contributed by atoms with Crippen LogP contribution in [0.5, 0.6) is 5.88 Å². The van der Waals surface area contributed by atoms with Crippen molar-refractivity contribution in [1.29, 1.82) is 0 Å². The summed E-state index contributed by atoms with van der Waals surface area (Å²) in [5.41, 5.74) is 4.26. The lowest BCUT2D eigenvalue weighted by Crippen LogP contribution is -2.44. The van der Waals surface area contributed by atoms with Gasteiger partial charge >= 0.3 is 0 Å². The molecule has 6 rings (SSSR count). The van der Waals surface area contributed by atoms with E-state index in [0.29, 0.717) is 40.7 Å². The van der Waals surface area contributed by atoms with E-state index in [0.717, 1.165) is 41.8 Å². The molecule has 0 aliphatic carbocycles. The number of likely N-dealkylation sites (tertiary alicyclic amines) is 1. The zero-order valence-corrected chi connectivity index (χ0v) is 17.6. The third kappa shape index (κ3) is 3.20. The predicted molar refractivity (Wildman–Crippen MR) is 122 cm³/mol. The van der Waals surface area contributed by atoms with Crippen molar-refractivity contribution in [3.63, 3.8) is 0 Å². The number of H-pyrrole nitrogens is 1. The van der Waals surface area contributed by atoms with Gasteiger partial charge in [-0.05, 0) is 30.7 Å². The van der Waals surface area contributed by atoms with E-state index >= 15 is 0 Å². The second-order valence-electron chi connectivity index (χ2n) is 8.28. The van der Waals surface area contributed by atoms with E-state index in [1.165, 1.54) is 6.42 Å². The van der Waals surface area contributed by atoms with Gasteiger partial charge in [0.2, 0.25) is 0 Å². The first-order valence-corrected chi connectivity index (χ1v) is 10.9. The van der Waals surface area contributed by atoms with Crippen LogP contribution < -0.4 is 5.32 Å². The molecule has 3 aliphatic rings. The molecule has 31 heavy (non-hydrogen) atoms. The Labute approximate surface area is 184 Å². The highest BCUT2D eigenvalue weighted by atomic mass is 35.5. The fraction of sp³-hybridized carbons (Fsp3) is 0.304. The molecule has 158 valence electrons. The summed E-state index contributed by atoms with van der Waals surface area (Å²) in [7, 11) is 0. The number of aromatic hydroxyl groups is 1. The Balaban J connectivity index is 1.31. The first kappa shape index (κ1) is 18.9. The van der Waals surface area contributed by atoms with Crippen LogP contribution >= 0.6 is 11.6 Å². The number of rotatable bonds is 5. The number of aromatic amines is 1. The normalized spacial score (nSPS) is 23.6. The molecule has 0 amide bonds. The number of nitrogens with zero attached hydrogens (tertiary/aromatic N) is 3. The van der Waals surface area contributed by atoms with Crippen LogP contribution in [-0.4, -0.2) is 64.7 Å². The monoisotopic (exact) mass is 435 g/mol. The number of aromatic nitrogens is 1. The van der Waals surface area contributed by atoms with Gasteiger partial charge in [0.05, 0.1) is 11.3 Å². The molecule has 2 atom stereocenters. The molecule has 3 N–H and O–H groups in total. The van der Waals surface area contributed by atoms with Crippen molar-refractivity contribution in [2.24, 2.45) is 10.1 Å². The first-order valence-electron chi connectivity index (χ1n) is 10.5. The summed E-state index contributed by atoms with van der Waals surface area (Å²) in [5.74, 6) is 0.0390. The molecule has 0 spiro atoms. The minimum Gasteiger partial charge on any atom is -0.494 e. The summed E-state index contributed by atoms with van der Waals surface area (Å²) < 4.78 is 0. The molecular weight excluding hydrogens is 414 g/mol. The highest BCUT2D eigenvalue weighted by Crippen LogP contribution is 2.36. The molecule has 1 aromatic heterocycles. The van der Waals surface area contributed by atoms with Crippen molar-refractivity contribution in [3.05, 3.63) is 58.6 Å². The highest BCUT2D eigenvalue weighted by Gasteiger charge is 2.37. The standard InChI is InChI=1S/C23H22ClN5O2/c24-13-5-6-19-17(9-13)20(23(30)27-19)22-21(16-3-1-2-4-18(16)26-22)28-31-8-7-29-12-14-10-15(29)11-25-14/h1-6,9,14-15,25,27,30H,7-8,10-12H2/t14-,15-/m1/s1. The third-order valence-electron chi connectivity index (χ3n) is 6.39. The molecule has 0 unspecified atom stereocenters. The van der Waals surface area contributed by atoms with Gasteiger partial charge in [0.15, 0.2) is 5.88 Å². The zero-order valence-electron chi connectivity index (χ0n) is 16.8. The van der Waals surface area contributed by atoms with Crippen LogP contribution in [-0.2, 0) is 4.84 Å². The van der Waals surface area contributed by atoms with E-state index in [4.69, 9.17) is 21.4 Å². The van der Waals surface area contributed by atoms with Crippen LogP contribution in [0, 0.1) is 0 Å². The number of halogens is 1. The average Bonchev–Trinajstić information content (AvgIpc) is 3.52. The van der Waals surface area contributed by atoms with E-state index in [2.05, 4.69) is 20.4 Å². The number of aliphatic imine (C=N–C) groups is 1. The number of fused-ring (bicyclic) bond motifs is 4. The summed E-state index contributed by atoms with van der Waals surface area (Å²) in [6.45, 7) is 3.49. The lowest BCUT2D eigenvalue weighted by atomic mass is 10.0. The predicted octanol–water partition coefficient (Wildman–Crippen LogP) is 3.43. The molecule has 2 bridgehead atoms. The van der Waals surface area contributed by atoms with Crippen molar-refractivity contribution in [3.8, 4) is 5.88 Å². The van der Waals surface area contributed by atoms with E-state index < -0.39 is 0 Å². The van der Waals surface area contributed by atoms with Gasteiger partial charge in [-0.1, -0.05) is 35.0 Å². The summed E-state index contributed by atoms with van der Waals surface area (Å²) in [4.78, 5) is 16.0. The maximum absolute atomic E-state index is 10.7. The molecule has 3 aliphatic heterocycles. The maximum Gasteiger partial charge on any atom is 0.199 e. The van der Waals surface area contributed by atoms with Crippen molar-refractivity contribution < 1.29 is 9.94 Å². The number of nitrogens with one attached hydrogen (secondary N) is 2. The minimum absolute atomic E-state index is 0.0390. The molecule has 8 heteroatoms. The van der Waals surface area contributed by atoms with Gasteiger partial charge in [0, 0.05) is 53.2 Å². The topological polar surface area (TPSA) is 85.2 Å².